The normalized spacial score (nSPS) is 15.9. The first-order chi connectivity index (χ1) is 9.90. The molecule has 1 aliphatic heterocycles. The van der Waals surface area contributed by atoms with Gasteiger partial charge in [-0.3, -0.25) is 0 Å². The summed E-state index contributed by atoms with van der Waals surface area (Å²) in [5.41, 5.74) is 0.675. The van der Waals surface area contributed by atoms with Gasteiger partial charge in [-0.05, 0) is 55.8 Å². The molecule has 1 fully saturated rings. The van der Waals surface area contributed by atoms with Crippen molar-refractivity contribution >= 4 is 33.2 Å². The van der Waals surface area contributed by atoms with E-state index in [1.165, 1.54) is 10.1 Å². The van der Waals surface area contributed by atoms with Crippen molar-refractivity contribution in [2.24, 2.45) is 0 Å². The Morgan fingerprint density at radius 3 is 2.81 bits per heavy atom. The zero-order valence-electron chi connectivity index (χ0n) is 12.6. The van der Waals surface area contributed by atoms with Gasteiger partial charge in [-0.25, -0.2) is 4.79 Å². The van der Waals surface area contributed by atoms with Gasteiger partial charge in [0.2, 0.25) is 0 Å². The molecule has 0 saturated carbocycles. The van der Waals surface area contributed by atoms with Crippen molar-refractivity contribution in [3.05, 3.63) is 29.6 Å². The maximum Gasteiger partial charge on any atom is 0.410 e. The Morgan fingerprint density at radius 1 is 1.33 bits per heavy atom. The zero-order chi connectivity index (χ0) is 15.0. The second-order valence-electron chi connectivity index (χ2n) is 6.40. The highest BCUT2D eigenvalue weighted by atomic mass is 32.1. The standard InChI is InChI=1S/C16H20N2O2S/c1-16(2,3)20-15(19)18-9-13(10-18)17-12-4-5-14-11(8-12)6-7-21-14/h4-8,13,17H,9-10H2,1-3H3. The summed E-state index contributed by atoms with van der Waals surface area (Å²) < 4.78 is 6.64. The smallest absolute Gasteiger partial charge is 0.410 e. The largest absolute Gasteiger partial charge is 0.444 e. The second kappa shape index (κ2) is 5.22. The molecule has 0 bridgehead atoms. The van der Waals surface area contributed by atoms with Crippen LogP contribution in [-0.2, 0) is 4.74 Å². The maximum absolute atomic E-state index is 11.9. The van der Waals surface area contributed by atoms with Gasteiger partial charge in [0.25, 0.3) is 0 Å². The third-order valence-electron chi connectivity index (χ3n) is 3.36. The summed E-state index contributed by atoms with van der Waals surface area (Å²) in [5, 5.41) is 6.82. The lowest BCUT2D eigenvalue weighted by Crippen LogP contribution is -2.57. The molecule has 3 rings (SSSR count). The summed E-state index contributed by atoms with van der Waals surface area (Å²) in [6.45, 7) is 7.04. The molecule has 0 spiro atoms. The van der Waals surface area contributed by atoms with Gasteiger partial charge in [0.1, 0.15) is 5.60 Å². The first-order valence-electron chi connectivity index (χ1n) is 7.12. The molecule has 1 aromatic carbocycles. The fourth-order valence-corrected chi connectivity index (χ4v) is 3.11. The van der Waals surface area contributed by atoms with Crippen LogP contribution in [0.4, 0.5) is 10.5 Å². The topological polar surface area (TPSA) is 41.6 Å². The highest BCUT2D eigenvalue weighted by molar-refractivity contribution is 7.17. The molecule has 0 radical (unpaired) electrons. The SMILES string of the molecule is CC(C)(C)OC(=O)N1CC(Nc2ccc3sccc3c2)C1. The third-order valence-corrected chi connectivity index (χ3v) is 4.25. The fraction of sp³-hybridized carbons (Fsp3) is 0.438. The lowest BCUT2D eigenvalue weighted by atomic mass is 10.1. The number of hydrogen-bond acceptors (Lipinski definition) is 4. The van der Waals surface area contributed by atoms with Crippen LogP contribution >= 0.6 is 11.3 Å². The monoisotopic (exact) mass is 304 g/mol. The van der Waals surface area contributed by atoms with E-state index in [-0.39, 0.29) is 6.09 Å². The van der Waals surface area contributed by atoms with Crippen molar-refractivity contribution in [2.45, 2.75) is 32.4 Å². The van der Waals surface area contributed by atoms with E-state index in [4.69, 9.17) is 4.74 Å². The third kappa shape index (κ3) is 3.29. The van der Waals surface area contributed by atoms with E-state index in [9.17, 15) is 4.79 Å². The van der Waals surface area contributed by atoms with Gasteiger partial charge in [-0.2, -0.15) is 0 Å². The molecule has 112 valence electrons. The number of hydrogen-bond donors (Lipinski definition) is 1. The van der Waals surface area contributed by atoms with E-state index in [0.717, 1.165) is 5.69 Å². The Labute approximate surface area is 128 Å². The number of thiophene rings is 1. The molecule has 5 heteroatoms. The van der Waals surface area contributed by atoms with Gasteiger partial charge in [0.15, 0.2) is 0 Å². The molecule has 0 atom stereocenters. The van der Waals surface area contributed by atoms with E-state index in [1.54, 1.807) is 16.2 Å². The van der Waals surface area contributed by atoms with Crippen molar-refractivity contribution in [2.75, 3.05) is 18.4 Å². The quantitative estimate of drug-likeness (QED) is 0.914. The zero-order valence-corrected chi connectivity index (χ0v) is 13.4. The van der Waals surface area contributed by atoms with Crippen LogP contribution in [0.2, 0.25) is 0 Å². The van der Waals surface area contributed by atoms with Gasteiger partial charge in [0.05, 0.1) is 6.04 Å². The summed E-state index contributed by atoms with van der Waals surface area (Å²) in [6.07, 6.45) is -0.228. The molecule has 21 heavy (non-hydrogen) atoms. The van der Waals surface area contributed by atoms with Crippen molar-refractivity contribution in [1.29, 1.82) is 0 Å². The number of likely N-dealkylation sites (tertiary alicyclic amines) is 1. The number of rotatable bonds is 2. The van der Waals surface area contributed by atoms with Gasteiger partial charge in [0, 0.05) is 23.5 Å². The number of amides is 1. The van der Waals surface area contributed by atoms with Gasteiger partial charge < -0.3 is 15.0 Å². The van der Waals surface area contributed by atoms with Crippen LogP contribution in [0.3, 0.4) is 0 Å². The molecule has 1 amide bonds. The van der Waals surface area contributed by atoms with E-state index >= 15 is 0 Å². The van der Waals surface area contributed by atoms with Gasteiger partial charge in [-0.15, -0.1) is 11.3 Å². The van der Waals surface area contributed by atoms with Crippen molar-refractivity contribution in [3.8, 4) is 0 Å². The minimum Gasteiger partial charge on any atom is -0.444 e. The van der Waals surface area contributed by atoms with Crippen LogP contribution in [-0.4, -0.2) is 35.7 Å². The Kier molecular flexibility index (Phi) is 3.53. The maximum atomic E-state index is 11.9. The number of ether oxygens (including phenoxy) is 1. The van der Waals surface area contributed by atoms with Crippen molar-refractivity contribution in [3.63, 3.8) is 0 Å². The number of carbonyl (C=O) groups excluding carboxylic acids is 1. The Hall–Kier alpha value is -1.75. The molecule has 1 aromatic heterocycles. The molecule has 1 aliphatic rings. The van der Waals surface area contributed by atoms with E-state index in [2.05, 4.69) is 35.0 Å². The molecule has 4 nitrogen and oxygen atoms in total. The number of fused-ring (bicyclic) bond motifs is 1. The molecular weight excluding hydrogens is 284 g/mol. The molecule has 0 unspecified atom stereocenters. The Bertz CT molecular complexity index is 654. The van der Waals surface area contributed by atoms with Crippen LogP contribution in [0.1, 0.15) is 20.8 Å². The number of nitrogens with zero attached hydrogens (tertiary/aromatic N) is 1. The number of nitrogens with one attached hydrogen (secondary N) is 1. The number of benzene rings is 1. The van der Waals surface area contributed by atoms with Crippen molar-refractivity contribution < 1.29 is 9.53 Å². The number of carbonyl (C=O) groups is 1. The minimum absolute atomic E-state index is 0.228. The Morgan fingerprint density at radius 2 is 2.10 bits per heavy atom. The van der Waals surface area contributed by atoms with Crippen LogP contribution in [0, 0.1) is 0 Å². The van der Waals surface area contributed by atoms with Crippen LogP contribution in [0.5, 0.6) is 0 Å². The summed E-state index contributed by atoms with van der Waals surface area (Å²) in [5.74, 6) is 0. The van der Waals surface area contributed by atoms with Crippen LogP contribution < -0.4 is 5.32 Å². The van der Waals surface area contributed by atoms with E-state index in [0.29, 0.717) is 19.1 Å². The highest BCUT2D eigenvalue weighted by Crippen LogP contribution is 2.25. The van der Waals surface area contributed by atoms with E-state index < -0.39 is 5.60 Å². The predicted molar refractivity (Wildman–Crippen MR) is 87.0 cm³/mol. The van der Waals surface area contributed by atoms with Gasteiger partial charge in [-0.1, -0.05) is 0 Å². The molecule has 2 aromatic rings. The predicted octanol–water partition coefficient (Wildman–Crippen LogP) is 3.93. The lowest BCUT2D eigenvalue weighted by molar-refractivity contribution is 0.0105. The summed E-state index contributed by atoms with van der Waals surface area (Å²) >= 11 is 1.75. The summed E-state index contributed by atoms with van der Waals surface area (Å²) in [6, 6.07) is 8.80. The molecule has 2 heterocycles. The van der Waals surface area contributed by atoms with Crippen LogP contribution in [0.15, 0.2) is 29.6 Å². The van der Waals surface area contributed by atoms with E-state index in [1.807, 2.05) is 20.8 Å². The first kappa shape index (κ1) is 14.2. The second-order valence-corrected chi connectivity index (χ2v) is 7.35. The lowest BCUT2D eigenvalue weighted by Gasteiger charge is -2.40. The van der Waals surface area contributed by atoms with Crippen molar-refractivity contribution in [1.82, 2.24) is 4.90 Å². The summed E-state index contributed by atoms with van der Waals surface area (Å²) in [4.78, 5) is 13.6. The molecule has 1 N–H and O–H groups in total. The van der Waals surface area contributed by atoms with Crippen LogP contribution in [0.25, 0.3) is 10.1 Å². The number of anilines is 1. The average molecular weight is 304 g/mol. The fourth-order valence-electron chi connectivity index (χ4n) is 2.34. The molecular formula is C16H20N2O2S. The molecule has 0 aliphatic carbocycles. The average Bonchev–Trinajstić information content (AvgIpc) is 2.77. The van der Waals surface area contributed by atoms with Gasteiger partial charge >= 0.3 is 6.09 Å². The summed E-state index contributed by atoms with van der Waals surface area (Å²) in [7, 11) is 0. The molecule has 1 saturated heterocycles. The minimum atomic E-state index is -0.431. The first-order valence-corrected chi connectivity index (χ1v) is 8.00. The Balaban J connectivity index is 1.53. The highest BCUT2D eigenvalue weighted by Gasteiger charge is 2.33.